The summed E-state index contributed by atoms with van der Waals surface area (Å²) in [5.74, 6) is 0.653. The van der Waals surface area contributed by atoms with Gasteiger partial charge in [0.15, 0.2) is 0 Å². The van der Waals surface area contributed by atoms with E-state index in [1.54, 1.807) is 7.11 Å². The minimum absolute atomic E-state index is 0.570. The average molecular weight is 335 g/mol. The Morgan fingerprint density at radius 2 is 1.95 bits per heavy atom. The van der Waals surface area contributed by atoms with E-state index in [1.165, 1.54) is 0 Å². The van der Waals surface area contributed by atoms with Crippen LogP contribution in [-0.2, 0) is 6.54 Å². The van der Waals surface area contributed by atoms with Gasteiger partial charge < -0.3 is 4.74 Å². The molecule has 2 aromatic carbocycles. The summed E-state index contributed by atoms with van der Waals surface area (Å²) in [5, 5.41) is 7.05. The zero-order chi connectivity index (χ0) is 15.7. The zero-order valence-corrected chi connectivity index (χ0v) is 13.9. The van der Waals surface area contributed by atoms with Crippen molar-refractivity contribution in [1.82, 2.24) is 9.78 Å². The Morgan fingerprint density at radius 3 is 2.64 bits per heavy atom. The summed E-state index contributed by atoms with van der Waals surface area (Å²) < 4.78 is 7.17. The molecule has 3 nitrogen and oxygen atoms in total. The van der Waals surface area contributed by atoms with Gasteiger partial charge in [-0.3, -0.25) is 4.68 Å². The Hall–Kier alpha value is -1.71. The molecule has 3 aromatic rings. The van der Waals surface area contributed by atoms with Crippen LogP contribution in [0.1, 0.15) is 13.3 Å². The first kappa shape index (κ1) is 15.2. The number of hydrogen-bond acceptors (Lipinski definition) is 2. The average Bonchev–Trinajstić information content (AvgIpc) is 2.88. The lowest BCUT2D eigenvalue weighted by Crippen LogP contribution is -1.99. The van der Waals surface area contributed by atoms with E-state index in [2.05, 4.69) is 6.92 Å². The maximum Gasteiger partial charge on any atom is 0.137 e. The molecule has 0 unspecified atom stereocenters. The first-order valence-corrected chi connectivity index (χ1v) is 7.90. The van der Waals surface area contributed by atoms with E-state index in [-0.39, 0.29) is 0 Å². The zero-order valence-electron chi connectivity index (χ0n) is 12.4. The van der Waals surface area contributed by atoms with Crippen LogP contribution < -0.4 is 4.74 Å². The predicted molar refractivity (Wildman–Crippen MR) is 92.0 cm³/mol. The van der Waals surface area contributed by atoms with Gasteiger partial charge in [0.2, 0.25) is 0 Å². The van der Waals surface area contributed by atoms with Gasteiger partial charge in [0.05, 0.1) is 22.7 Å². The molecule has 0 aliphatic carbocycles. The summed E-state index contributed by atoms with van der Waals surface area (Å²) in [6, 6.07) is 11.6. The van der Waals surface area contributed by atoms with Crippen LogP contribution in [0.4, 0.5) is 0 Å². The quantitative estimate of drug-likeness (QED) is 0.636. The van der Waals surface area contributed by atoms with Crippen molar-refractivity contribution in [3.8, 4) is 17.0 Å². The number of para-hydroxylation sites is 1. The number of nitrogens with zero attached hydrogens (tertiary/aromatic N) is 2. The normalized spacial score (nSPS) is 11.1. The maximum atomic E-state index is 6.37. The molecular formula is C17H16Cl2N2O. The van der Waals surface area contributed by atoms with Gasteiger partial charge in [0, 0.05) is 17.5 Å². The third kappa shape index (κ3) is 2.55. The van der Waals surface area contributed by atoms with E-state index in [1.807, 2.05) is 41.1 Å². The van der Waals surface area contributed by atoms with E-state index >= 15 is 0 Å². The molecule has 0 atom stereocenters. The summed E-state index contributed by atoms with van der Waals surface area (Å²) >= 11 is 12.6. The second-order valence-electron chi connectivity index (χ2n) is 5.06. The molecule has 22 heavy (non-hydrogen) atoms. The standard InChI is InChI=1S/C17H16Cl2N2O/c1-3-9-21-17-12(5-4-6-13(17)18)16(20-21)11-7-8-15(22-2)14(19)10-11/h4-8,10H,3,9H2,1-2H3. The number of ether oxygens (including phenoxy) is 1. The summed E-state index contributed by atoms with van der Waals surface area (Å²) in [6.45, 7) is 2.94. The molecule has 114 valence electrons. The SMILES string of the molecule is CCCn1nc(-c2ccc(OC)c(Cl)c2)c2cccc(Cl)c21. The monoisotopic (exact) mass is 334 g/mol. The van der Waals surface area contributed by atoms with Gasteiger partial charge >= 0.3 is 0 Å². The van der Waals surface area contributed by atoms with Gasteiger partial charge in [0.25, 0.3) is 0 Å². The van der Waals surface area contributed by atoms with Crippen molar-refractivity contribution in [1.29, 1.82) is 0 Å². The maximum absolute atomic E-state index is 6.37. The van der Waals surface area contributed by atoms with Crippen molar-refractivity contribution in [2.45, 2.75) is 19.9 Å². The summed E-state index contributed by atoms with van der Waals surface area (Å²) in [4.78, 5) is 0. The van der Waals surface area contributed by atoms with Crippen LogP contribution in [0.3, 0.4) is 0 Å². The van der Waals surface area contributed by atoms with Crippen LogP contribution >= 0.6 is 23.2 Å². The van der Waals surface area contributed by atoms with E-state index < -0.39 is 0 Å². The van der Waals surface area contributed by atoms with E-state index in [4.69, 9.17) is 33.0 Å². The lowest BCUT2D eigenvalue weighted by molar-refractivity contribution is 0.415. The number of hydrogen-bond donors (Lipinski definition) is 0. The third-order valence-corrected chi connectivity index (χ3v) is 4.18. The molecule has 3 rings (SSSR count). The van der Waals surface area contributed by atoms with Gasteiger partial charge in [-0.15, -0.1) is 0 Å². The molecule has 1 heterocycles. The number of halogens is 2. The lowest BCUT2D eigenvalue weighted by Gasteiger charge is -2.04. The van der Waals surface area contributed by atoms with E-state index in [0.29, 0.717) is 15.8 Å². The molecule has 0 spiro atoms. The Kier molecular flexibility index (Phi) is 4.27. The molecule has 0 aliphatic rings. The number of aryl methyl sites for hydroxylation is 1. The first-order chi connectivity index (χ1) is 10.7. The molecule has 0 N–H and O–H groups in total. The smallest absolute Gasteiger partial charge is 0.137 e. The van der Waals surface area contributed by atoms with Crippen LogP contribution in [0.25, 0.3) is 22.2 Å². The molecule has 1 aromatic heterocycles. The predicted octanol–water partition coefficient (Wildman–Crippen LogP) is 5.43. The number of rotatable bonds is 4. The lowest BCUT2D eigenvalue weighted by atomic mass is 10.1. The molecule has 0 saturated carbocycles. The summed E-state index contributed by atoms with van der Waals surface area (Å²) in [5.41, 5.74) is 2.80. The minimum Gasteiger partial charge on any atom is -0.495 e. The van der Waals surface area contributed by atoms with E-state index in [0.717, 1.165) is 35.1 Å². The Morgan fingerprint density at radius 1 is 1.14 bits per heavy atom. The highest BCUT2D eigenvalue weighted by atomic mass is 35.5. The number of benzene rings is 2. The third-order valence-electron chi connectivity index (χ3n) is 3.58. The summed E-state index contributed by atoms with van der Waals surface area (Å²) in [6.07, 6.45) is 0.991. The van der Waals surface area contributed by atoms with Gasteiger partial charge in [0.1, 0.15) is 11.4 Å². The highest BCUT2D eigenvalue weighted by Gasteiger charge is 2.15. The minimum atomic E-state index is 0.570. The molecule has 0 bridgehead atoms. The molecule has 0 amide bonds. The Bertz CT molecular complexity index is 827. The fourth-order valence-electron chi connectivity index (χ4n) is 2.59. The van der Waals surface area contributed by atoms with Crippen molar-refractivity contribution in [3.05, 3.63) is 46.4 Å². The van der Waals surface area contributed by atoms with Crippen molar-refractivity contribution in [2.75, 3.05) is 7.11 Å². The molecular weight excluding hydrogens is 319 g/mol. The molecule has 0 saturated heterocycles. The number of methoxy groups -OCH3 is 1. The van der Waals surface area contributed by atoms with Gasteiger partial charge in [-0.05, 0) is 30.7 Å². The van der Waals surface area contributed by atoms with Crippen LogP contribution in [0, 0.1) is 0 Å². The Labute approximate surface area is 139 Å². The van der Waals surface area contributed by atoms with Gasteiger partial charge in [-0.25, -0.2) is 0 Å². The molecule has 0 radical (unpaired) electrons. The Balaban J connectivity index is 2.23. The fourth-order valence-corrected chi connectivity index (χ4v) is 3.12. The second kappa shape index (κ2) is 6.19. The largest absolute Gasteiger partial charge is 0.495 e. The fraction of sp³-hybridized carbons (Fsp3) is 0.235. The topological polar surface area (TPSA) is 27.1 Å². The highest BCUT2D eigenvalue weighted by molar-refractivity contribution is 6.35. The van der Waals surface area contributed by atoms with Crippen molar-refractivity contribution >= 4 is 34.1 Å². The highest BCUT2D eigenvalue weighted by Crippen LogP contribution is 2.35. The van der Waals surface area contributed by atoms with Crippen LogP contribution in [0.5, 0.6) is 5.75 Å². The van der Waals surface area contributed by atoms with Crippen molar-refractivity contribution in [3.63, 3.8) is 0 Å². The second-order valence-corrected chi connectivity index (χ2v) is 5.87. The molecule has 0 aliphatic heterocycles. The van der Waals surface area contributed by atoms with Crippen LogP contribution in [0.15, 0.2) is 36.4 Å². The van der Waals surface area contributed by atoms with Crippen molar-refractivity contribution in [2.24, 2.45) is 0 Å². The van der Waals surface area contributed by atoms with Gasteiger partial charge in [-0.2, -0.15) is 5.10 Å². The molecule has 5 heteroatoms. The van der Waals surface area contributed by atoms with Crippen LogP contribution in [-0.4, -0.2) is 16.9 Å². The van der Waals surface area contributed by atoms with Crippen LogP contribution in [0.2, 0.25) is 10.0 Å². The van der Waals surface area contributed by atoms with Crippen molar-refractivity contribution < 1.29 is 4.74 Å². The molecule has 0 fully saturated rings. The number of fused-ring (bicyclic) bond motifs is 1. The van der Waals surface area contributed by atoms with Gasteiger partial charge in [-0.1, -0.05) is 42.3 Å². The van der Waals surface area contributed by atoms with E-state index in [9.17, 15) is 0 Å². The summed E-state index contributed by atoms with van der Waals surface area (Å²) in [7, 11) is 1.60. The number of aromatic nitrogens is 2. The first-order valence-electron chi connectivity index (χ1n) is 7.14.